The summed E-state index contributed by atoms with van der Waals surface area (Å²) in [5, 5.41) is 11.9. The molecule has 0 saturated carbocycles. The van der Waals surface area contributed by atoms with Crippen LogP contribution in [0, 0.1) is 17.8 Å². The summed E-state index contributed by atoms with van der Waals surface area (Å²) >= 11 is 1.47. The Morgan fingerprint density at radius 3 is 2.00 bits per heavy atom. The number of amides is 5. The number of thiazole rings is 1. The highest BCUT2D eigenvalue weighted by Gasteiger charge is 2.34. The Balaban J connectivity index is 2.33. The van der Waals surface area contributed by atoms with Gasteiger partial charge in [0.15, 0.2) is 0 Å². The fourth-order valence-electron chi connectivity index (χ4n) is 5.13. The Morgan fingerprint density at radius 2 is 1.44 bits per heavy atom. The summed E-state index contributed by atoms with van der Waals surface area (Å²) < 4.78 is 0.994. The van der Waals surface area contributed by atoms with E-state index in [9.17, 15) is 24.0 Å². The van der Waals surface area contributed by atoms with E-state index in [4.69, 9.17) is 16.5 Å². The summed E-state index contributed by atoms with van der Waals surface area (Å²) in [6.45, 7) is 15.7. The lowest BCUT2D eigenvalue weighted by molar-refractivity contribution is -0.135. The van der Waals surface area contributed by atoms with Crippen molar-refractivity contribution in [3.63, 3.8) is 0 Å². The van der Waals surface area contributed by atoms with E-state index in [-0.39, 0.29) is 36.5 Å². The van der Waals surface area contributed by atoms with Gasteiger partial charge in [0.1, 0.15) is 24.2 Å². The largest absolute Gasteiger partial charge is 0.368 e. The van der Waals surface area contributed by atoms with Crippen LogP contribution in [-0.4, -0.2) is 65.2 Å². The van der Waals surface area contributed by atoms with Gasteiger partial charge in [-0.25, -0.2) is 4.98 Å². The number of primary amides is 1. The Morgan fingerprint density at radius 1 is 0.812 bits per heavy atom. The molecule has 8 N–H and O–H groups in total. The van der Waals surface area contributed by atoms with Crippen LogP contribution in [0.25, 0.3) is 10.2 Å². The third-order valence-corrected chi connectivity index (χ3v) is 9.44. The van der Waals surface area contributed by atoms with Gasteiger partial charge in [-0.3, -0.25) is 24.0 Å². The molecule has 5 amide bonds. The van der Waals surface area contributed by atoms with Gasteiger partial charge in [0.25, 0.3) is 0 Å². The second-order valence-corrected chi connectivity index (χ2v) is 14.8. The highest BCUT2D eigenvalue weighted by molar-refractivity contribution is 7.18. The van der Waals surface area contributed by atoms with Gasteiger partial charge < -0.3 is 32.7 Å². The second-order valence-electron chi connectivity index (χ2n) is 13.7. The van der Waals surface area contributed by atoms with E-state index in [2.05, 4.69) is 41.2 Å². The number of rotatable bonds is 20. The molecule has 1 heterocycles. The van der Waals surface area contributed by atoms with Crippen LogP contribution >= 0.6 is 11.3 Å². The zero-order valence-electron chi connectivity index (χ0n) is 29.9. The molecule has 1 aromatic heterocycles. The Labute approximate surface area is 289 Å². The first-order chi connectivity index (χ1) is 22.6. The predicted octanol–water partition coefficient (Wildman–Crippen LogP) is 3.26. The van der Waals surface area contributed by atoms with E-state index in [1.54, 1.807) is 13.8 Å². The number of hydrogen-bond donors (Lipinski definition) is 6. The van der Waals surface area contributed by atoms with Crippen LogP contribution in [0.4, 0.5) is 0 Å². The predicted molar refractivity (Wildman–Crippen MR) is 191 cm³/mol. The molecule has 2 aromatic rings. The number of nitrogens with zero attached hydrogens (tertiary/aromatic N) is 1. The zero-order chi connectivity index (χ0) is 36.1. The normalized spacial score (nSPS) is 14.8. The van der Waals surface area contributed by atoms with E-state index >= 15 is 0 Å². The second kappa shape index (κ2) is 19.4. The summed E-state index contributed by atoms with van der Waals surface area (Å²) in [7, 11) is 0. The highest BCUT2D eigenvalue weighted by atomic mass is 32.1. The maximum Gasteiger partial charge on any atom is 0.243 e. The molecule has 2 rings (SSSR count). The standard InChI is InChI=1S/C35H57N7O5S/c1-9-22(8)30(35(47)39-25(12-10-11-15-36)33(45)40-26(31(37)43)16-19(2)3)42-34(46)27(41-32(44)21(6)7)18-29-38-24-14-13-23(20(4)5)17-28(24)48-29/h13-14,17,19-22,25-27,30H,9-12,15-16,18,36H2,1-8H3,(H2,37,43)(H,39,47)(H,40,45)(H,41,44)(H,42,46)/t22-,25-,26-,27-,30-/m0/s1. The van der Waals surface area contributed by atoms with E-state index < -0.39 is 47.8 Å². The number of aromatic nitrogens is 1. The van der Waals surface area contributed by atoms with Gasteiger partial charge >= 0.3 is 0 Å². The molecular formula is C35H57N7O5S. The molecule has 0 aliphatic rings. The number of nitrogens with two attached hydrogens (primary N) is 2. The van der Waals surface area contributed by atoms with Gasteiger partial charge in [0.2, 0.25) is 29.5 Å². The maximum absolute atomic E-state index is 13.9. The lowest BCUT2D eigenvalue weighted by Crippen LogP contribution is -2.60. The molecule has 1 aromatic carbocycles. The van der Waals surface area contributed by atoms with Crippen LogP contribution < -0.4 is 32.7 Å². The maximum atomic E-state index is 13.9. The van der Waals surface area contributed by atoms with Crippen molar-refractivity contribution in [2.75, 3.05) is 6.54 Å². The number of carbonyl (C=O) groups is 5. The minimum atomic E-state index is -1.00. The van der Waals surface area contributed by atoms with E-state index in [1.807, 2.05) is 39.8 Å². The zero-order valence-corrected chi connectivity index (χ0v) is 30.7. The minimum Gasteiger partial charge on any atom is -0.368 e. The van der Waals surface area contributed by atoms with Gasteiger partial charge in [0.05, 0.1) is 15.2 Å². The molecule has 0 aliphatic carbocycles. The van der Waals surface area contributed by atoms with E-state index in [0.29, 0.717) is 43.2 Å². The van der Waals surface area contributed by atoms with Crippen LogP contribution in [0.2, 0.25) is 0 Å². The number of nitrogens with one attached hydrogen (secondary N) is 4. The third kappa shape index (κ3) is 12.5. The molecule has 0 aliphatic heterocycles. The van der Waals surface area contributed by atoms with Crippen LogP contribution in [0.3, 0.4) is 0 Å². The van der Waals surface area contributed by atoms with Crippen LogP contribution in [0.1, 0.15) is 104 Å². The molecule has 5 atom stereocenters. The van der Waals surface area contributed by atoms with Gasteiger partial charge in [-0.15, -0.1) is 11.3 Å². The van der Waals surface area contributed by atoms with Crippen molar-refractivity contribution >= 4 is 51.1 Å². The minimum absolute atomic E-state index is 0.0995. The van der Waals surface area contributed by atoms with Gasteiger partial charge in [0, 0.05) is 12.3 Å². The Bertz CT molecular complexity index is 1390. The van der Waals surface area contributed by atoms with Gasteiger partial charge in [-0.1, -0.05) is 67.9 Å². The molecule has 0 bridgehead atoms. The van der Waals surface area contributed by atoms with Crippen molar-refractivity contribution in [1.29, 1.82) is 0 Å². The van der Waals surface area contributed by atoms with Crippen molar-refractivity contribution in [1.82, 2.24) is 26.3 Å². The summed E-state index contributed by atoms with van der Waals surface area (Å²) in [4.78, 5) is 70.7. The topological polar surface area (TPSA) is 198 Å². The number of fused-ring (bicyclic) bond motifs is 1. The fraction of sp³-hybridized carbons (Fsp3) is 0.657. The molecule has 0 saturated heterocycles. The van der Waals surface area contributed by atoms with Crippen molar-refractivity contribution < 1.29 is 24.0 Å². The average Bonchev–Trinajstić information content (AvgIpc) is 3.43. The lowest BCUT2D eigenvalue weighted by Gasteiger charge is -2.29. The molecule has 13 heteroatoms. The SMILES string of the molecule is CC[C@H](C)[C@H](NC(=O)[C@H](Cc1nc2ccc(C(C)C)cc2s1)NC(=O)C(C)C)C(=O)N[C@@H](CCCCN)C(=O)N[C@@H](CC(C)C)C(N)=O. The Hall–Kier alpha value is -3.58. The van der Waals surface area contributed by atoms with Gasteiger partial charge in [-0.05, 0) is 67.7 Å². The first-order valence-corrected chi connectivity index (χ1v) is 18.0. The third-order valence-electron chi connectivity index (χ3n) is 8.40. The molecular weight excluding hydrogens is 630 g/mol. The van der Waals surface area contributed by atoms with Crippen molar-refractivity contribution in [3.05, 3.63) is 28.8 Å². The van der Waals surface area contributed by atoms with Gasteiger partial charge in [-0.2, -0.15) is 0 Å². The summed E-state index contributed by atoms with van der Waals surface area (Å²) in [5.41, 5.74) is 13.2. The molecule has 48 heavy (non-hydrogen) atoms. The number of hydrogen-bond acceptors (Lipinski definition) is 8. The molecule has 268 valence electrons. The molecule has 12 nitrogen and oxygen atoms in total. The molecule has 0 unspecified atom stereocenters. The van der Waals surface area contributed by atoms with Crippen molar-refractivity contribution in [2.24, 2.45) is 29.2 Å². The smallest absolute Gasteiger partial charge is 0.243 e. The number of unbranched alkanes of at least 4 members (excludes halogenated alkanes) is 1. The van der Waals surface area contributed by atoms with Crippen molar-refractivity contribution in [3.8, 4) is 0 Å². The molecule has 0 fully saturated rings. The monoisotopic (exact) mass is 687 g/mol. The summed E-state index contributed by atoms with van der Waals surface area (Å²) in [5.74, 6) is -2.78. The van der Waals surface area contributed by atoms with Crippen LogP contribution in [0.15, 0.2) is 18.2 Å². The van der Waals surface area contributed by atoms with Crippen molar-refractivity contribution in [2.45, 2.75) is 124 Å². The van der Waals surface area contributed by atoms with Crippen LogP contribution in [-0.2, 0) is 30.4 Å². The number of carbonyl (C=O) groups excluding carboxylic acids is 5. The summed E-state index contributed by atoms with van der Waals surface area (Å²) in [6, 6.07) is 2.25. The highest BCUT2D eigenvalue weighted by Crippen LogP contribution is 2.27. The lowest BCUT2D eigenvalue weighted by atomic mass is 9.96. The molecule has 0 spiro atoms. The Kier molecular flexibility index (Phi) is 16.4. The first-order valence-electron chi connectivity index (χ1n) is 17.2. The van der Waals surface area contributed by atoms with E-state index in [0.717, 1.165) is 10.2 Å². The van der Waals surface area contributed by atoms with Crippen LogP contribution in [0.5, 0.6) is 0 Å². The average molecular weight is 688 g/mol. The fourth-order valence-corrected chi connectivity index (χ4v) is 6.19. The van der Waals surface area contributed by atoms with E-state index in [1.165, 1.54) is 16.9 Å². The summed E-state index contributed by atoms with van der Waals surface area (Å²) in [6.07, 6.45) is 2.53. The number of benzene rings is 1. The quantitative estimate of drug-likeness (QED) is 0.115. The first kappa shape index (κ1) is 40.6. The molecule has 0 radical (unpaired) electrons.